The van der Waals surface area contributed by atoms with Crippen molar-refractivity contribution in [3.63, 3.8) is 0 Å². The molecule has 3 N–H and O–H groups in total. The fourth-order valence-electron chi connectivity index (χ4n) is 1.26. The Labute approximate surface area is 86.1 Å². The zero-order valence-corrected chi connectivity index (χ0v) is 9.36. The number of carbonyl (C=O) groups is 1. The molecule has 1 aliphatic heterocycles. The highest BCUT2D eigenvalue weighted by Gasteiger charge is 2.13. The lowest BCUT2D eigenvalue weighted by Gasteiger charge is -2.18. The van der Waals surface area contributed by atoms with Gasteiger partial charge in [-0.2, -0.15) is 0 Å². The molecular weight excluding hydrogens is 180 g/mol. The average Bonchev–Trinajstić information content (AvgIpc) is 2.56. The van der Waals surface area contributed by atoms with Crippen LogP contribution in [0, 0.1) is 0 Å². The van der Waals surface area contributed by atoms with Crippen molar-refractivity contribution in [2.24, 2.45) is 5.73 Å². The first kappa shape index (κ1) is 13.4. The van der Waals surface area contributed by atoms with Gasteiger partial charge in [-0.1, -0.05) is 0 Å². The third kappa shape index (κ3) is 5.94. The predicted octanol–water partition coefficient (Wildman–Crippen LogP) is 0.909. The molecule has 1 saturated heterocycles. The second-order valence-corrected chi connectivity index (χ2v) is 3.96. The Morgan fingerprint density at radius 2 is 1.64 bits per heavy atom. The number of nitrogens with zero attached hydrogens (tertiary/aromatic N) is 1. The number of carboxylic acid groups (broad SMARTS) is 1. The lowest BCUT2D eigenvalue weighted by Crippen LogP contribution is -2.26. The smallest absolute Gasteiger partial charge is 0.320 e. The van der Waals surface area contributed by atoms with Gasteiger partial charge in [-0.15, -0.1) is 0 Å². The quantitative estimate of drug-likeness (QED) is 0.698. The van der Waals surface area contributed by atoms with Crippen LogP contribution in [0.15, 0.2) is 0 Å². The van der Waals surface area contributed by atoms with Gasteiger partial charge in [0.2, 0.25) is 0 Å². The Hall–Kier alpha value is -0.610. The van der Waals surface area contributed by atoms with Crippen molar-refractivity contribution in [1.29, 1.82) is 0 Å². The third-order valence-electron chi connectivity index (χ3n) is 2.26. The zero-order chi connectivity index (χ0) is 11.1. The maximum atomic E-state index is 9.57. The van der Waals surface area contributed by atoms with Gasteiger partial charge < -0.3 is 15.7 Å². The summed E-state index contributed by atoms with van der Waals surface area (Å²) in [6.07, 6.45) is 2.83. The molecule has 0 amide bonds. The van der Waals surface area contributed by atoms with E-state index in [0.717, 1.165) is 6.04 Å². The predicted molar refractivity (Wildman–Crippen MR) is 57.2 cm³/mol. The summed E-state index contributed by atoms with van der Waals surface area (Å²) in [5, 5.41) is 7.87. The molecule has 1 atom stereocenters. The Bertz CT molecular complexity index is 164. The zero-order valence-electron chi connectivity index (χ0n) is 9.36. The molecule has 0 aromatic heterocycles. The molecule has 1 heterocycles. The molecule has 1 fully saturated rings. The van der Waals surface area contributed by atoms with E-state index in [1.165, 1.54) is 32.9 Å². The highest BCUT2D eigenvalue weighted by Crippen LogP contribution is 2.09. The van der Waals surface area contributed by atoms with E-state index in [9.17, 15) is 4.79 Å². The maximum Gasteiger partial charge on any atom is 0.320 e. The van der Waals surface area contributed by atoms with Crippen molar-refractivity contribution >= 4 is 5.97 Å². The second-order valence-electron chi connectivity index (χ2n) is 3.96. The van der Waals surface area contributed by atoms with E-state index >= 15 is 0 Å². The molecule has 84 valence electrons. The van der Waals surface area contributed by atoms with E-state index in [1.807, 2.05) is 0 Å². The van der Waals surface area contributed by atoms with Crippen LogP contribution in [0.3, 0.4) is 0 Å². The molecule has 0 radical (unpaired) electrons. The summed E-state index contributed by atoms with van der Waals surface area (Å²) in [5.74, 6) is -0.963. The first-order chi connectivity index (χ1) is 6.45. The summed E-state index contributed by atoms with van der Waals surface area (Å²) in [7, 11) is 0. The number of aliphatic carboxylic acids is 1. The fraction of sp³-hybridized carbons (Fsp3) is 0.900. The highest BCUT2D eigenvalue weighted by molar-refractivity contribution is 5.72. The van der Waals surface area contributed by atoms with Gasteiger partial charge in [0.05, 0.1) is 0 Å². The molecule has 1 aliphatic rings. The van der Waals surface area contributed by atoms with Gasteiger partial charge in [-0.05, 0) is 46.7 Å². The summed E-state index contributed by atoms with van der Waals surface area (Å²) < 4.78 is 0. The number of hydrogen-bond donors (Lipinski definition) is 2. The minimum atomic E-state index is -0.963. The fourth-order valence-corrected chi connectivity index (χ4v) is 1.26. The number of hydrogen-bond acceptors (Lipinski definition) is 3. The van der Waals surface area contributed by atoms with Crippen molar-refractivity contribution in [3.05, 3.63) is 0 Å². The first-order valence-corrected chi connectivity index (χ1v) is 5.17. The number of rotatable bonds is 2. The van der Waals surface area contributed by atoms with Gasteiger partial charge in [-0.25, -0.2) is 0 Å². The highest BCUT2D eigenvalue weighted by atomic mass is 16.4. The SMILES string of the molecule is CC(C)N1CCCC1.C[C@H](N)C(=O)O. The van der Waals surface area contributed by atoms with Gasteiger partial charge in [0.25, 0.3) is 0 Å². The van der Waals surface area contributed by atoms with Crippen LogP contribution >= 0.6 is 0 Å². The Morgan fingerprint density at radius 3 is 1.79 bits per heavy atom. The van der Waals surface area contributed by atoms with Crippen LogP contribution in [0.5, 0.6) is 0 Å². The van der Waals surface area contributed by atoms with Crippen molar-refractivity contribution in [2.75, 3.05) is 13.1 Å². The van der Waals surface area contributed by atoms with Crippen LogP contribution in [0.4, 0.5) is 0 Å². The monoisotopic (exact) mass is 202 g/mol. The lowest BCUT2D eigenvalue weighted by molar-refractivity contribution is -0.138. The van der Waals surface area contributed by atoms with E-state index < -0.39 is 12.0 Å². The van der Waals surface area contributed by atoms with Crippen molar-refractivity contribution < 1.29 is 9.90 Å². The standard InChI is InChI=1S/C7H15N.C3H7NO2/c1-7(2)8-5-3-4-6-8;1-2(4)3(5)6/h7H,3-6H2,1-2H3;2H,4H2,1H3,(H,5,6)/t;2-/m.0/s1. The first-order valence-electron chi connectivity index (χ1n) is 5.17. The van der Waals surface area contributed by atoms with Gasteiger partial charge in [0.1, 0.15) is 6.04 Å². The molecular formula is C10H22N2O2. The molecule has 0 aromatic carbocycles. The largest absolute Gasteiger partial charge is 0.480 e. The minimum absolute atomic E-state index is 0.731. The Balaban J connectivity index is 0.000000255. The van der Waals surface area contributed by atoms with Crippen LogP contribution in [0.25, 0.3) is 0 Å². The summed E-state index contributed by atoms with van der Waals surface area (Å²) in [6.45, 7) is 8.62. The molecule has 14 heavy (non-hydrogen) atoms. The summed E-state index contributed by atoms with van der Waals surface area (Å²) in [5.41, 5.74) is 4.84. The van der Waals surface area contributed by atoms with E-state index in [1.54, 1.807) is 0 Å². The second kappa shape index (κ2) is 6.79. The number of likely N-dealkylation sites (tertiary alicyclic amines) is 1. The van der Waals surface area contributed by atoms with Gasteiger partial charge in [-0.3, -0.25) is 4.79 Å². The van der Waals surface area contributed by atoms with Gasteiger partial charge in [0.15, 0.2) is 0 Å². The molecule has 1 rings (SSSR count). The van der Waals surface area contributed by atoms with E-state index in [2.05, 4.69) is 18.7 Å². The summed E-state index contributed by atoms with van der Waals surface area (Å²) in [4.78, 5) is 12.1. The molecule has 0 unspecified atom stereocenters. The van der Waals surface area contributed by atoms with Crippen LogP contribution in [0.2, 0.25) is 0 Å². The normalized spacial score (nSPS) is 18.9. The lowest BCUT2D eigenvalue weighted by atomic mass is 10.3. The number of nitrogens with two attached hydrogens (primary N) is 1. The minimum Gasteiger partial charge on any atom is -0.480 e. The Morgan fingerprint density at radius 1 is 1.29 bits per heavy atom. The molecule has 0 spiro atoms. The van der Waals surface area contributed by atoms with Crippen LogP contribution in [-0.4, -0.2) is 41.1 Å². The molecule has 4 nitrogen and oxygen atoms in total. The molecule has 4 heteroatoms. The van der Waals surface area contributed by atoms with Crippen molar-refractivity contribution in [3.8, 4) is 0 Å². The van der Waals surface area contributed by atoms with Crippen molar-refractivity contribution in [1.82, 2.24) is 4.90 Å². The molecule has 0 aliphatic carbocycles. The van der Waals surface area contributed by atoms with Gasteiger partial charge >= 0.3 is 5.97 Å². The summed E-state index contributed by atoms with van der Waals surface area (Å²) >= 11 is 0. The molecule has 0 saturated carbocycles. The molecule has 0 bridgehead atoms. The van der Waals surface area contributed by atoms with E-state index in [4.69, 9.17) is 10.8 Å². The molecule has 0 aromatic rings. The maximum absolute atomic E-state index is 9.57. The van der Waals surface area contributed by atoms with E-state index in [0.29, 0.717) is 0 Å². The van der Waals surface area contributed by atoms with Crippen LogP contribution in [0.1, 0.15) is 33.6 Å². The topological polar surface area (TPSA) is 66.6 Å². The third-order valence-corrected chi connectivity index (χ3v) is 2.26. The number of carboxylic acids is 1. The van der Waals surface area contributed by atoms with Gasteiger partial charge in [0, 0.05) is 6.04 Å². The van der Waals surface area contributed by atoms with E-state index in [-0.39, 0.29) is 0 Å². The van der Waals surface area contributed by atoms with Crippen LogP contribution < -0.4 is 5.73 Å². The Kier molecular flexibility index (Phi) is 6.49. The van der Waals surface area contributed by atoms with Crippen molar-refractivity contribution in [2.45, 2.75) is 45.7 Å². The summed E-state index contributed by atoms with van der Waals surface area (Å²) in [6, 6.07) is 0.0440. The average molecular weight is 202 g/mol. The van der Waals surface area contributed by atoms with Crippen LogP contribution in [-0.2, 0) is 4.79 Å².